The monoisotopic (exact) mass is 223 g/mol. The van der Waals surface area contributed by atoms with Crippen molar-refractivity contribution in [2.45, 2.75) is 51.6 Å². The van der Waals surface area contributed by atoms with Crippen LogP contribution in [0.5, 0.6) is 0 Å². The molecule has 1 aliphatic carbocycles. The Kier molecular flexibility index (Phi) is 3.88. The molecule has 90 valence electrons. The van der Waals surface area contributed by atoms with Crippen molar-refractivity contribution in [1.82, 2.24) is 25.5 Å². The summed E-state index contributed by atoms with van der Waals surface area (Å²) >= 11 is 0. The van der Waals surface area contributed by atoms with Gasteiger partial charge in [-0.1, -0.05) is 19.3 Å². The molecule has 0 spiro atoms. The van der Waals surface area contributed by atoms with Crippen molar-refractivity contribution < 1.29 is 0 Å². The first kappa shape index (κ1) is 11.5. The molecule has 1 unspecified atom stereocenters. The molecule has 1 atom stereocenters. The molecule has 1 aliphatic rings. The molecule has 0 aromatic carbocycles. The van der Waals surface area contributed by atoms with E-state index in [1.807, 2.05) is 11.7 Å². The molecule has 1 heterocycles. The molecule has 1 aromatic rings. The predicted octanol–water partition coefficient (Wildman–Crippen LogP) is 1.53. The zero-order valence-electron chi connectivity index (χ0n) is 10.2. The highest BCUT2D eigenvalue weighted by molar-refractivity contribution is 4.85. The van der Waals surface area contributed by atoms with Crippen molar-refractivity contribution in [1.29, 1.82) is 0 Å². The SMILES string of the molecule is CNCc1nnnn1C(C)C1CCCCC1. The van der Waals surface area contributed by atoms with E-state index in [0.717, 1.165) is 18.3 Å². The first-order valence-electron chi connectivity index (χ1n) is 6.24. The minimum absolute atomic E-state index is 0.429. The summed E-state index contributed by atoms with van der Waals surface area (Å²) in [6, 6.07) is 0.429. The molecule has 2 rings (SSSR count). The van der Waals surface area contributed by atoms with Crippen LogP contribution < -0.4 is 5.32 Å². The maximum absolute atomic E-state index is 4.13. The maximum atomic E-state index is 4.13. The van der Waals surface area contributed by atoms with Crippen LogP contribution >= 0.6 is 0 Å². The first-order valence-corrected chi connectivity index (χ1v) is 6.24. The molecule has 0 aliphatic heterocycles. The third-order valence-corrected chi connectivity index (χ3v) is 3.61. The molecular formula is C11H21N5. The lowest BCUT2D eigenvalue weighted by molar-refractivity contribution is 0.243. The van der Waals surface area contributed by atoms with E-state index in [1.54, 1.807) is 0 Å². The van der Waals surface area contributed by atoms with Crippen LogP contribution in [0.15, 0.2) is 0 Å². The highest BCUT2D eigenvalue weighted by Gasteiger charge is 2.24. The van der Waals surface area contributed by atoms with Crippen LogP contribution in [0.1, 0.15) is 50.9 Å². The smallest absolute Gasteiger partial charge is 0.165 e. The van der Waals surface area contributed by atoms with Crippen LogP contribution in [0.4, 0.5) is 0 Å². The van der Waals surface area contributed by atoms with Gasteiger partial charge in [0, 0.05) is 0 Å². The summed E-state index contributed by atoms with van der Waals surface area (Å²) in [4.78, 5) is 0. The fourth-order valence-corrected chi connectivity index (χ4v) is 2.62. The number of aromatic nitrogens is 4. The molecular weight excluding hydrogens is 202 g/mol. The lowest BCUT2D eigenvalue weighted by atomic mass is 9.84. The van der Waals surface area contributed by atoms with Crippen LogP contribution in [0, 0.1) is 5.92 Å². The van der Waals surface area contributed by atoms with Gasteiger partial charge in [0.25, 0.3) is 0 Å². The summed E-state index contributed by atoms with van der Waals surface area (Å²) in [6.07, 6.45) is 6.75. The second-order valence-electron chi connectivity index (χ2n) is 4.71. The van der Waals surface area contributed by atoms with E-state index in [4.69, 9.17) is 0 Å². The van der Waals surface area contributed by atoms with Crippen molar-refractivity contribution in [2.24, 2.45) is 5.92 Å². The fraction of sp³-hybridized carbons (Fsp3) is 0.909. The second-order valence-corrected chi connectivity index (χ2v) is 4.71. The Morgan fingerprint density at radius 3 is 2.81 bits per heavy atom. The van der Waals surface area contributed by atoms with Crippen molar-refractivity contribution in [3.05, 3.63) is 5.82 Å². The Labute approximate surface area is 96.6 Å². The predicted molar refractivity (Wildman–Crippen MR) is 61.9 cm³/mol. The van der Waals surface area contributed by atoms with Gasteiger partial charge >= 0.3 is 0 Å². The number of hydrogen-bond acceptors (Lipinski definition) is 4. The van der Waals surface area contributed by atoms with E-state index in [-0.39, 0.29) is 0 Å². The Hall–Kier alpha value is -0.970. The third kappa shape index (κ3) is 2.40. The molecule has 0 bridgehead atoms. The molecule has 5 nitrogen and oxygen atoms in total. The summed E-state index contributed by atoms with van der Waals surface area (Å²) in [5, 5.41) is 15.1. The van der Waals surface area contributed by atoms with E-state index >= 15 is 0 Å². The van der Waals surface area contributed by atoms with Gasteiger partial charge in [-0.15, -0.1) is 5.10 Å². The lowest BCUT2D eigenvalue weighted by Crippen LogP contribution is -2.23. The van der Waals surface area contributed by atoms with E-state index in [2.05, 4.69) is 27.8 Å². The van der Waals surface area contributed by atoms with E-state index in [0.29, 0.717) is 6.04 Å². The zero-order valence-corrected chi connectivity index (χ0v) is 10.2. The molecule has 16 heavy (non-hydrogen) atoms. The molecule has 1 N–H and O–H groups in total. The van der Waals surface area contributed by atoms with Gasteiger partial charge in [-0.25, -0.2) is 4.68 Å². The van der Waals surface area contributed by atoms with Crippen molar-refractivity contribution >= 4 is 0 Å². The standard InChI is InChI=1S/C11H21N5/c1-9(10-6-4-3-5-7-10)16-11(8-12-2)13-14-15-16/h9-10,12H,3-8H2,1-2H3. The molecule has 0 radical (unpaired) electrons. The van der Waals surface area contributed by atoms with Crippen LogP contribution in [-0.4, -0.2) is 27.3 Å². The summed E-state index contributed by atoms with van der Waals surface area (Å²) in [5.74, 6) is 1.69. The molecule has 1 saturated carbocycles. The zero-order chi connectivity index (χ0) is 11.4. The Morgan fingerprint density at radius 1 is 1.38 bits per heavy atom. The summed E-state index contributed by atoms with van der Waals surface area (Å²) < 4.78 is 1.99. The molecule has 1 aromatic heterocycles. The number of nitrogens with one attached hydrogen (secondary N) is 1. The first-order chi connectivity index (χ1) is 7.83. The maximum Gasteiger partial charge on any atom is 0.165 e. The van der Waals surface area contributed by atoms with Gasteiger partial charge in [-0.2, -0.15) is 0 Å². The van der Waals surface area contributed by atoms with Gasteiger partial charge < -0.3 is 5.32 Å². The average Bonchev–Trinajstić information content (AvgIpc) is 2.78. The summed E-state index contributed by atoms with van der Waals surface area (Å²) in [7, 11) is 1.92. The largest absolute Gasteiger partial charge is 0.313 e. The van der Waals surface area contributed by atoms with Crippen LogP contribution in [0.3, 0.4) is 0 Å². The summed E-state index contributed by atoms with van der Waals surface area (Å²) in [5.41, 5.74) is 0. The number of rotatable bonds is 4. The van der Waals surface area contributed by atoms with Crippen molar-refractivity contribution in [3.8, 4) is 0 Å². The number of nitrogens with zero attached hydrogens (tertiary/aromatic N) is 4. The molecule has 5 heteroatoms. The van der Waals surface area contributed by atoms with Gasteiger partial charge in [-0.05, 0) is 43.2 Å². The van der Waals surface area contributed by atoms with Gasteiger partial charge in [0.05, 0.1) is 12.6 Å². The lowest BCUT2D eigenvalue weighted by Gasteiger charge is -2.27. The molecule has 0 amide bonds. The summed E-state index contributed by atoms with van der Waals surface area (Å²) in [6.45, 7) is 2.98. The van der Waals surface area contributed by atoms with Gasteiger partial charge in [0.2, 0.25) is 0 Å². The normalized spacial score (nSPS) is 19.9. The number of hydrogen-bond donors (Lipinski definition) is 1. The average molecular weight is 223 g/mol. The fourth-order valence-electron chi connectivity index (χ4n) is 2.62. The quantitative estimate of drug-likeness (QED) is 0.841. The van der Waals surface area contributed by atoms with E-state index in [9.17, 15) is 0 Å². The molecule has 1 fully saturated rings. The van der Waals surface area contributed by atoms with Crippen LogP contribution in [0.2, 0.25) is 0 Å². The Balaban J connectivity index is 2.06. The van der Waals surface area contributed by atoms with Gasteiger partial charge in [0.1, 0.15) is 0 Å². The Morgan fingerprint density at radius 2 is 2.12 bits per heavy atom. The van der Waals surface area contributed by atoms with E-state index < -0.39 is 0 Å². The minimum Gasteiger partial charge on any atom is -0.313 e. The second kappa shape index (κ2) is 5.39. The highest BCUT2D eigenvalue weighted by Crippen LogP contribution is 2.32. The van der Waals surface area contributed by atoms with Crippen molar-refractivity contribution in [3.63, 3.8) is 0 Å². The third-order valence-electron chi connectivity index (χ3n) is 3.61. The van der Waals surface area contributed by atoms with Crippen LogP contribution in [-0.2, 0) is 6.54 Å². The topological polar surface area (TPSA) is 55.6 Å². The van der Waals surface area contributed by atoms with Crippen molar-refractivity contribution in [2.75, 3.05) is 7.05 Å². The van der Waals surface area contributed by atoms with Gasteiger partial charge in [0.15, 0.2) is 5.82 Å². The van der Waals surface area contributed by atoms with Gasteiger partial charge in [-0.3, -0.25) is 0 Å². The van der Waals surface area contributed by atoms with Crippen LogP contribution in [0.25, 0.3) is 0 Å². The highest BCUT2D eigenvalue weighted by atomic mass is 15.6. The Bertz CT molecular complexity index is 316. The molecule has 0 saturated heterocycles. The van der Waals surface area contributed by atoms with E-state index in [1.165, 1.54) is 32.1 Å². The minimum atomic E-state index is 0.429. The number of tetrazole rings is 1.